The van der Waals surface area contributed by atoms with E-state index in [1.807, 2.05) is 36.4 Å². The van der Waals surface area contributed by atoms with Crippen molar-refractivity contribution in [3.8, 4) is 34.2 Å². The smallest absolute Gasteiger partial charge is 0.162 e. The minimum atomic E-state index is 0.495. The monoisotopic (exact) mass is 596 g/mol. The molecule has 3 heterocycles. The van der Waals surface area contributed by atoms with E-state index >= 15 is 0 Å². The molecular formula is C40H25ClN4. The van der Waals surface area contributed by atoms with Crippen molar-refractivity contribution in [2.75, 3.05) is 0 Å². The second kappa shape index (κ2) is 10.2. The fraction of sp³-hybridized carbons (Fsp3) is 0. The van der Waals surface area contributed by atoms with Gasteiger partial charge in [0.1, 0.15) is 5.02 Å². The molecule has 45 heavy (non-hydrogen) atoms. The summed E-state index contributed by atoms with van der Waals surface area (Å²) in [6.45, 7) is 0. The van der Waals surface area contributed by atoms with Crippen LogP contribution in [0.25, 0.3) is 77.8 Å². The minimum absolute atomic E-state index is 0.495. The molecule has 0 amide bonds. The van der Waals surface area contributed by atoms with E-state index in [0.717, 1.165) is 49.7 Å². The average Bonchev–Trinajstić information content (AvgIpc) is 3.62. The molecule has 212 valence electrons. The predicted molar refractivity (Wildman–Crippen MR) is 187 cm³/mol. The van der Waals surface area contributed by atoms with Crippen LogP contribution in [0.1, 0.15) is 0 Å². The molecule has 0 spiro atoms. The van der Waals surface area contributed by atoms with E-state index in [1.54, 1.807) is 0 Å². The molecule has 0 unspecified atom stereocenters. The lowest BCUT2D eigenvalue weighted by Crippen LogP contribution is -2.06. The number of benzene rings is 6. The number of halogens is 1. The van der Waals surface area contributed by atoms with Crippen LogP contribution in [-0.2, 0) is 0 Å². The molecule has 0 fully saturated rings. The fourth-order valence-corrected chi connectivity index (χ4v) is 6.95. The number of hydrogen-bond donors (Lipinski definition) is 0. The first-order valence-electron chi connectivity index (χ1n) is 15.0. The van der Waals surface area contributed by atoms with Gasteiger partial charge in [-0.05, 0) is 30.3 Å². The molecule has 0 radical (unpaired) electrons. The van der Waals surface area contributed by atoms with Gasteiger partial charge in [0.2, 0.25) is 0 Å². The number of para-hydroxylation sites is 5. The summed E-state index contributed by atoms with van der Waals surface area (Å²) in [6, 6.07) is 52.4. The predicted octanol–water partition coefficient (Wildman–Crippen LogP) is 10.7. The van der Waals surface area contributed by atoms with Gasteiger partial charge in [0, 0.05) is 32.7 Å². The second-order valence-electron chi connectivity index (χ2n) is 11.2. The summed E-state index contributed by atoms with van der Waals surface area (Å²) < 4.78 is 4.49. The molecule has 4 nitrogen and oxygen atoms in total. The van der Waals surface area contributed by atoms with Gasteiger partial charge < -0.3 is 4.57 Å². The Hall–Kier alpha value is -5.71. The van der Waals surface area contributed by atoms with E-state index in [-0.39, 0.29) is 0 Å². The maximum atomic E-state index is 7.51. The molecule has 6 aromatic carbocycles. The van der Waals surface area contributed by atoms with Crippen molar-refractivity contribution < 1.29 is 0 Å². The number of nitrogens with zero attached hydrogens (tertiary/aromatic N) is 4. The van der Waals surface area contributed by atoms with Gasteiger partial charge in [-0.25, -0.2) is 9.97 Å². The van der Waals surface area contributed by atoms with Crippen molar-refractivity contribution in [1.82, 2.24) is 19.1 Å². The Balaban J connectivity index is 1.39. The van der Waals surface area contributed by atoms with E-state index in [1.165, 1.54) is 10.8 Å². The van der Waals surface area contributed by atoms with Gasteiger partial charge in [0.05, 0.1) is 33.4 Å². The van der Waals surface area contributed by atoms with Gasteiger partial charge in [0.15, 0.2) is 11.6 Å². The molecular weight excluding hydrogens is 572 g/mol. The van der Waals surface area contributed by atoms with Crippen molar-refractivity contribution in [3.63, 3.8) is 0 Å². The first-order valence-corrected chi connectivity index (χ1v) is 15.4. The van der Waals surface area contributed by atoms with Crippen LogP contribution >= 0.6 is 11.6 Å². The van der Waals surface area contributed by atoms with Gasteiger partial charge in [0.25, 0.3) is 0 Å². The third-order valence-corrected chi connectivity index (χ3v) is 8.99. The lowest BCUT2D eigenvalue weighted by Gasteiger charge is -2.18. The van der Waals surface area contributed by atoms with Gasteiger partial charge >= 0.3 is 0 Å². The third kappa shape index (κ3) is 3.93. The van der Waals surface area contributed by atoms with E-state index in [0.29, 0.717) is 22.4 Å². The molecule has 9 rings (SSSR count). The molecule has 3 aromatic heterocycles. The summed E-state index contributed by atoms with van der Waals surface area (Å²) in [5.74, 6) is 1.26. The maximum Gasteiger partial charge on any atom is 0.162 e. The molecule has 0 aliphatic rings. The highest BCUT2D eigenvalue weighted by Gasteiger charge is 2.23. The van der Waals surface area contributed by atoms with Gasteiger partial charge in [-0.3, -0.25) is 4.57 Å². The van der Waals surface area contributed by atoms with Gasteiger partial charge in [-0.15, -0.1) is 0 Å². The van der Waals surface area contributed by atoms with Crippen LogP contribution in [-0.4, -0.2) is 19.1 Å². The Kier molecular flexibility index (Phi) is 5.83. The second-order valence-corrected chi connectivity index (χ2v) is 11.5. The zero-order chi connectivity index (χ0) is 29.9. The quantitative estimate of drug-likeness (QED) is 0.202. The lowest BCUT2D eigenvalue weighted by atomic mass is 10.1. The normalized spacial score (nSPS) is 11.7. The standard InChI is InChI=1S/C40H25ClN4/c41-37-38(31-20-8-13-25-36(31)44-32-21-9-4-16-27(32)28-17-5-10-22-33(28)44)42-39(26-14-2-1-3-15-26)43-40(37)45-34-23-11-6-18-29(34)30-19-7-12-24-35(30)45/h1-25H. The summed E-state index contributed by atoms with van der Waals surface area (Å²) in [5, 5.41) is 5.20. The SMILES string of the molecule is Clc1c(-c2ccccc2-n2c3ccccc3c3ccccc32)nc(-c2ccccc2)nc1-n1c2ccccc2c2ccccc21. The maximum absolute atomic E-state index is 7.51. The largest absolute Gasteiger partial charge is 0.309 e. The lowest BCUT2D eigenvalue weighted by molar-refractivity contribution is 1.05. The molecule has 9 aromatic rings. The topological polar surface area (TPSA) is 35.6 Å². The first-order chi connectivity index (χ1) is 22.3. The van der Waals surface area contributed by atoms with E-state index in [2.05, 4.69) is 124 Å². The van der Waals surface area contributed by atoms with Crippen LogP contribution in [0.4, 0.5) is 0 Å². The minimum Gasteiger partial charge on any atom is -0.309 e. The highest BCUT2D eigenvalue weighted by Crippen LogP contribution is 2.41. The number of hydrogen-bond acceptors (Lipinski definition) is 2. The fourth-order valence-electron chi connectivity index (χ4n) is 6.68. The zero-order valence-corrected chi connectivity index (χ0v) is 24.9. The molecule has 0 N–H and O–H groups in total. The van der Waals surface area contributed by atoms with Crippen molar-refractivity contribution in [1.29, 1.82) is 0 Å². The van der Waals surface area contributed by atoms with E-state index < -0.39 is 0 Å². The molecule has 0 aliphatic carbocycles. The summed E-state index contributed by atoms with van der Waals surface area (Å²) in [5.41, 5.74) is 7.87. The molecule has 0 saturated carbocycles. The van der Waals surface area contributed by atoms with Gasteiger partial charge in [-0.1, -0.05) is 133 Å². The summed E-state index contributed by atoms with van der Waals surface area (Å²) in [4.78, 5) is 10.4. The number of rotatable bonds is 4. The van der Waals surface area contributed by atoms with Crippen molar-refractivity contribution >= 4 is 55.2 Å². The molecule has 0 saturated heterocycles. The van der Waals surface area contributed by atoms with Crippen LogP contribution < -0.4 is 0 Å². The Morgan fingerprint density at radius 1 is 0.422 bits per heavy atom. The summed E-state index contributed by atoms with van der Waals surface area (Å²) in [6.07, 6.45) is 0. The number of aromatic nitrogens is 4. The molecule has 0 atom stereocenters. The molecule has 5 heteroatoms. The van der Waals surface area contributed by atoms with Crippen LogP contribution in [0.3, 0.4) is 0 Å². The Labute approximate surface area is 264 Å². The van der Waals surface area contributed by atoms with Crippen molar-refractivity contribution in [3.05, 3.63) is 157 Å². The summed E-state index contributed by atoms with van der Waals surface area (Å²) >= 11 is 7.51. The van der Waals surface area contributed by atoms with Gasteiger partial charge in [-0.2, -0.15) is 0 Å². The Morgan fingerprint density at radius 3 is 1.42 bits per heavy atom. The van der Waals surface area contributed by atoms with Crippen molar-refractivity contribution in [2.24, 2.45) is 0 Å². The Morgan fingerprint density at radius 2 is 0.867 bits per heavy atom. The average molecular weight is 597 g/mol. The Bertz CT molecular complexity index is 2450. The van der Waals surface area contributed by atoms with Crippen LogP contribution in [0.15, 0.2) is 152 Å². The third-order valence-electron chi connectivity index (χ3n) is 8.64. The molecule has 0 aliphatic heterocycles. The van der Waals surface area contributed by atoms with Crippen molar-refractivity contribution in [2.45, 2.75) is 0 Å². The zero-order valence-electron chi connectivity index (χ0n) is 24.1. The van der Waals surface area contributed by atoms with E-state index in [4.69, 9.17) is 21.6 Å². The highest BCUT2D eigenvalue weighted by atomic mass is 35.5. The van der Waals surface area contributed by atoms with E-state index in [9.17, 15) is 0 Å². The summed E-state index contributed by atoms with van der Waals surface area (Å²) in [7, 11) is 0. The number of fused-ring (bicyclic) bond motifs is 6. The first kappa shape index (κ1) is 25.8. The highest BCUT2D eigenvalue weighted by molar-refractivity contribution is 6.35. The van der Waals surface area contributed by atoms with Crippen LogP contribution in [0.5, 0.6) is 0 Å². The van der Waals surface area contributed by atoms with Crippen LogP contribution in [0.2, 0.25) is 5.02 Å². The molecule has 0 bridgehead atoms. The van der Waals surface area contributed by atoms with Crippen LogP contribution in [0, 0.1) is 0 Å².